The Balaban J connectivity index is 1.38. The summed E-state index contributed by atoms with van der Waals surface area (Å²) < 4.78 is 42.7. The molecule has 5 rings (SSSR count). The molecule has 1 spiro atoms. The van der Waals surface area contributed by atoms with Crippen LogP contribution < -0.4 is 11.5 Å². The summed E-state index contributed by atoms with van der Waals surface area (Å²) in [6.45, 7) is 4.63. The smallest absolute Gasteiger partial charge is 0.383 e. The van der Waals surface area contributed by atoms with Gasteiger partial charge in [-0.1, -0.05) is 18.1 Å². The fourth-order valence-electron chi connectivity index (χ4n) is 5.71. The van der Waals surface area contributed by atoms with Gasteiger partial charge in [-0.15, -0.1) is 0 Å². The van der Waals surface area contributed by atoms with Crippen molar-refractivity contribution in [3.63, 3.8) is 0 Å². The zero-order chi connectivity index (χ0) is 28.1. The van der Waals surface area contributed by atoms with Gasteiger partial charge in [-0.05, 0) is 62.1 Å². The number of primary amides is 1. The number of halogens is 3. The normalized spacial score (nSPS) is 21.4. The van der Waals surface area contributed by atoms with Crippen molar-refractivity contribution < 1.29 is 22.8 Å². The van der Waals surface area contributed by atoms with Crippen molar-refractivity contribution in [2.75, 3.05) is 18.8 Å². The van der Waals surface area contributed by atoms with Crippen LogP contribution in [0.4, 0.5) is 19.0 Å². The molecule has 2 aromatic heterocycles. The highest BCUT2D eigenvalue weighted by Gasteiger charge is 2.51. The van der Waals surface area contributed by atoms with Crippen molar-refractivity contribution in [2.45, 2.75) is 51.4 Å². The van der Waals surface area contributed by atoms with Crippen molar-refractivity contribution in [1.29, 1.82) is 0 Å². The molecule has 2 amide bonds. The molecule has 1 aromatic carbocycles. The number of nitrogens with zero attached hydrogens (tertiary/aromatic N) is 5. The van der Waals surface area contributed by atoms with E-state index >= 15 is 0 Å². The van der Waals surface area contributed by atoms with E-state index in [2.05, 4.69) is 22.0 Å². The van der Waals surface area contributed by atoms with Crippen LogP contribution in [0.15, 0.2) is 36.7 Å². The van der Waals surface area contributed by atoms with Crippen LogP contribution >= 0.6 is 0 Å². The van der Waals surface area contributed by atoms with Crippen LogP contribution in [0, 0.1) is 17.3 Å². The molecule has 12 heteroatoms. The lowest BCUT2D eigenvalue weighted by Gasteiger charge is -2.45. The second kappa shape index (κ2) is 9.48. The predicted octanol–water partition coefficient (Wildman–Crippen LogP) is 3.63. The van der Waals surface area contributed by atoms with Crippen molar-refractivity contribution in [3.8, 4) is 23.1 Å². The maximum Gasteiger partial charge on any atom is 0.416 e. The summed E-state index contributed by atoms with van der Waals surface area (Å²) in [6.07, 6.45) is 0.984. The van der Waals surface area contributed by atoms with Gasteiger partial charge in [0.2, 0.25) is 0 Å². The van der Waals surface area contributed by atoms with Gasteiger partial charge in [-0.3, -0.25) is 14.3 Å². The lowest BCUT2D eigenvalue weighted by atomic mass is 9.65. The van der Waals surface area contributed by atoms with Gasteiger partial charge in [0.15, 0.2) is 0 Å². The summed E-state index contributed by atoms with van der Waals surface area (Å²) in [5.74, 6) is 4.47. The lowest BCUT2D eigenvalue weighted by Crippen LogP contribution is -2.42. The minimum atomic E-state index is -4.46. The van der Waals surface area contributed by atoms with Gasteiger partial charge in [0, 0.05) is 24.8 Å². The number of alkyl halides is 3. The minimum Gasteiger partial charge on any atom is -0.383 e. The molecule has 2 fully saturated rings. The third-order valence-corrected chi connectivity index (χ3v) is 7.80. The number of aromatic nitrogens is 4. The van der Waals surface area contributed by atoms with Crippen LogP contribution in [0.3, 0.4) is 0 Å². The van der Waals surface area contributed by atoms with Gasteiger partial charge < -0.3 is 16.4 Å². The highest BCUT2D eigenvalue weighted by atomic mass is 19.4. The van der Waals surface area contributed by atoms with Gasteiger partial charge in [0.1, 0.15) is 17.1 Å². The number of hydrogen-bond donors (Lipinski definition) is 2. The first-order chi connectivity index (χ1) is 18.4. The molecule has 3 heterocycles. The van der Waals surface area contributed by atoms with E-state index in [1.165, 1.54) is 16.9 Å². The van der Waals surface area contributed by atoms with Crippen LogP contribution in [0.2, 0.25) is 0 Å². The topological polar surface area (TPSA) is 125 Å². The summed E-state index contributed by atoms with van der Waals surface area (Å²) in [5, 5.41) is 8.96. The molecule has 3 aromatic rings. The van der Waals surface area contributed by atoms with Crippen molar-refractivity contribution >= 4 is 17.6 Å². The van der Waals surface area contributed by atoms with E-state index in [9.17, 15) is 22.8 Å². The highest BCUT2D eigenvalue weighted by Crippen LogP contribution is 2.54. The van der Waals surface area contributed by atoms with Crippen molar-refractivity contribution in [3.05, 3.63) is 53.3 Å². The third-order valence-electron chi connectivity index (χ3n) is 7.80. The number of carbonyl (C=O) groups excluding carboxylic acids is 2. The zero-order valence-corrected chi connectivity index (χ0v) is 21.5. The molecule has 39 heavy (non-hydrogen) atoms. The van der Waals surface area contributed by atoms with Gasteiger partial charge in [0.05, 0.1) is 23.8 Å². The Labute approximate surface area is 222 Å². The molecule has 1 saturated heterocycles. The summed E-state index contributed by atoms with van der Waals surface area (Å²) in [7, 11) is 0. The zero-order valence-electron chi connectivity index (χ0n) is 21.5. The molecule has 1 saturated carbocycles. The first-order valence-corrected chi connectivity index (χ1v) is 12.5. The Morgan fingerprint density at radius 3 is 2.67 bits per heavy atom. The van der Waals surface area contributed by atoms with E-state index in [4.69, 9.17) is 11.5 Å². The molecule has 1 aliphatic carbocycles. The van der Waals surface area contributed by atoms with Crippen LogP contribution in [-0.2, 0) is 11.0 Å². The summed E-state index contributed by atoms with van der Waals surface area (Å²) in [4.78, 5) is 26.3. The van der Waals surface area contributed by atoms with Gasteiger partial charge in [-0.25, -0.2) is 4.68 Å². The number of hydrogen-bond acceptors (Lipinski definition) is 5. The number of nitrogen functional groups attached to an aromatic ring is 1. The minimum absolute atomic E-state index is 0.0353. The molecule has 1 aliphatic heterocycles. The third kappa shape index (κ3) is 4.73. The average molecular weight is 540 g/mol. The molecule has 4 N–H and O–H groups in total. The second-order valence-electron chi connectivity index (χ2n) is 10.3. The monoisotopic (exact) mass is 539 g/mol. The van der Waals surface area contributed by atoms with E-state index in [-0.39, 0.29) is 34.4 Å². The van der Waals surface area contributed by atoms with E-state index in [1.807, 2.05) is 0 Å². The van der Waals surface area contributed by atoms with Crippen molar-refractivity contribution in [1.82, 2.24) is 24.5 Å². The fraction of sp³-hybridized carbons (Fsp3) is 0.407. The maximum atomic E-state index is 13.2. The standard InChI is InChI=1S/C27H28F3N7O2/c1-3-5-21(38)35-9-8-26(15-35)11-20(12-26)37-24(31)22(25(32)39)23(34-37)18-13-33-36(14-18)16(2)17-6-4-7-19(10-17)27(28,29)30/h4,6-7,10,13-14,16,20H,8-9,11-12,15,31H2,1-2H3,(H2,32,39)/t16-,20?,26?/m0/s1. The first-order valence-electron chi connectivity index (χ1n) is 12.5. The van der Waals surface area contributed by atoms with Gasteiger partial charge in [-0.2, -0.15) is 23.4 Å². The molecular formula is C27H28F3N7O2. The predicted molar refractivity (Wildman–Crippen MR) is 137 cm³/mol. The Hall–Kier alpha value is -4.27. The molecule has 0 bridgehead atoms. The summed E-state index contributed by atoms with van der Waals surface area (Å²) in [5.41, 5.74) is 12.5. The first kappa shape index (κ1) is 26.3. The van der Waals surface area contributed by atoms with Crippen LogP contribution in [0.5, 0.6) is 0 Å². The largest absolute Gasteiger partial charge is 0.416 e. The van der Waals surface area contributed by atoms with Crippen LogP contribution in [-0.4, -0.2) is 49.4 Å². The lowest BCUT2D eigenvalue weighted by molar-refractivity contribution is -0.137. The SMILES string of the molecule is CC#CC(=O)N1CCC2(CC(n3nc(-c4cnn([C@@H](C)c5cccc(C(F)(F)F)c5)c4)c(C(N)=O)c3N)C2)C1. The molecule has 9 nitrogen and oxygen atoms in total. The summed E-state index contributed by atoms with van der Waals surface area (Å²) in [6, 6.07) is 4.48. The highest BCUT2D eigenvalue weighted by molar-refractivity contribution is 6.03. The number of likely N-dealkylation sites (tertiary alicyclic amines) is 1. The van der Waals surface area contributed by atoms with Crippen LogP contribution in [0.1, 0.15) is 66.7 Å². The average Bonchev–Trinajstić information content (AvgIpc) is 3.59. The Bertz CT molecular complexity index is 1510. The Kier molecular flexibility index (Phi) is 6.40. The Morgan fingerprint density at radius 1 is 1.26 bits per heavy atom. The van der Waals surface area contributed by atoms with E-state index in [0.29, 0.717) is 24.2 Å². The number of nitrogens with two attached hydrogens (primary N) is 2. The van der Waals surface area contributed by atoms with Gasteiger partial charge in [0.25, 0.3) is 11.8 Å². The number of anilines is 1. The Morgan fingerprint density at radius 2 is 2.00 bits per heavy atom. The van der Waals surface area contributed by atoms with Crippen molar-refractivity contribution in [2.24, 2.45) is 11.1 Å². The molecule has 0 unspecified atom stereocenters. The number of rotatable bonds is 5. The van der Waals surface area contributed by atoms with E-state index in [1.54, 1.807) is 35.7 Å². The summed E-state index contributed by atoms with van der Waals surface area (Å²) >= 11 is 0. The van der Waals surface area contributed by atoms with E-state index < -0.39 is 23.7 Å². The molecular weight excluding hydrogens is 511 g/mol. The number of carbonyl (C=O) groups is 2. The van der Waals surface area contributed by atoms with E-state index in [0.717, 1.165) is 31.4 Å². The molecule has 204 valence electrons. The number of benzene rings is 1. The molecule has 0 radical (unpaired) electrons. The second-order valence-corrected chi connectivity index (χ2v) is 10.3. The molecule has 1 atom stereocenters. The quantitative estimate of drug-likeness (QED) is 0.479. The van der Waals surface area contributed by atoms with Gasteiger partial charge >= 0.3 is 6.18 Å². The maximum absolute atomic E-state index is 13.2. The molecule has 2 aliphatic rings. The fourth-order valence-corrected chi connectivity index (χ4v) is 5.71. The number of amides is 2. The van der Waals surface area contributed by atoms with Crippen LogP contribution in [0.25, 0.3) is 11.3 Å².